The minimum Gasteiger partial charge on any atom is -0.491 e. The smallest absolute Gasteiger partial charge is 0.126 e. The van der Waals surface area contributed by atoms with E-state index in [1.54, 1.807) is 6.20 Å². The van der Waals surface area contributed by atoms with Crippen LogP contribution >= 0.6 is 15.9 Å². The number of aromatic nitrogens is 1. The van der Waals surface area contributed by atoms with Gasteiger partial charge in [0, 0.05) is 10.7 Å². The molecule has 1 N–H and O–H groups in total. The Balaban J connectivity index is 1.82. The zero-order chi connectivity index (χ0) is 13.7. The molecule has 2 rings (SSSR count). The second-order valence-corrected chi connectivity index (χ2v) is 5.45. The largest absolute Gasteiger partial charge is 0.491 e. The highest BCUT2D eigenvalue weighted by Crippen LogP contribution is 2.13. The number of hydrogen-bond donors (Lipinski definition) is 1. The fraction of sp³-hybridized carbons (Fsp3) is 0.267. The lowest BCUT2D eigenvalue weighted by molar-refractivity contribution is 0.303. The Morgan fingerprint density at radius 1 is 1.21 bits per heavy atom. The summed E-state index contributed by atoms with van der Waals surface area (Å²) in [4.78, 5) is 4.27. The van der Waals surface area contributed by atoms with Crippen molar-refractivity contribution in [3.8, 4) is 5.75 Å². The summed E-state index contributed by atoms with van der Waals surface area (Å²) in [5.74, 6) is 1.74. The third-order valence-corrected chi connectivity index (χ3v) is 3.11. The highest BCUT2D eigenvalue weighted by molar-refractivity contribution is 9.10. The van der Waals surface area contributed by atoms with Gasteiger partial charge in [0.15, 0.2) is 0 Å². The van der Waals surface area contributed by atoms with Gasteiger partial charge in [0.2, 0.25) is 0 Å². The van der Waals surface area contributed by atoms with Gasteiger partial charge in [0.05, 0.1) is 6.04 Å². The first-order chi connectivity index (χ1) is 9.13. The fourth-order valence-electron chi connectivity index (χ4n) is 1.61. The van der Waals surface area contributed by atoms with Crippen LogP contribution in [0.1, 0.15) is 12.5 Å². The molecule has 1 aromatic heterocycles. The molecule has 2 aromatic rings. The lowest BCUT2D eigenvalue weighted by Gasteiger charge is -2.15. The molecule has 1 unspecified atom stereocenters. The minimum absolute atomic E-state index is 0.190. The second kappa shape index (κ2) is 6.57. The van der Waals surface area contributed by atoms with Gasteiger partial charge in [0.1, 0.15) is 18.2 Å². The molecule has 100 valence electrons. The molecule has 3 nitrogen and oxygen atoms in total. The maximum Gasteiger partial charge on any atom is 0.126 e. The van der Waals surface area contributed by atoms with Crippen molar-refractivity contribution in [1.29, 1.82) is 0 Å². The lowest BCUT2D eigenvalue weighted by Crippen LogP contribution is -2.23. The number of pyridine rings is 1. The van der Waals surface area contributed by atoms with Crippen molar-refractivity contribution in [3.63, 3.8) is 0 Å². The van der Waals surface area contributed by atoms with Gasteiger partial charge in [-0.1, -0.05) is 17.7 Å². The predicted molar refractivity (Wildman–Crippen MR) is 81.7 cm³/mol. The van der Waals surface area contributed by atoms with Crippen LogP contribution in [0.15, 0.2) is 47.1 Å². The summed E-state index contributed by atoms with van der Waals surface area (Å²) in [6.07, 6.45) is 1.77. The van der Waals surface area contributed by atoms with E-state index in [-0.39, 0.29) is 6.04 Å². The van der Waals surface area contributed by atoms with Crippen LogP contribution in [0.2, 0.25) is 0 Å². The van der Waals surface area contributed by atoms with Crippen LogP contribution in [0.4, 0.5) is 5.82 Å². The molecular weight excluding hydrogens is 304 g/mol. The fourth-order valence-corrected chi connectivity index (χ4v) is 1.85. The van der Waals surface area contributed by atoms with Crippen LogP contribution in [0.3, 0.4) is 0 Å². The summed E-state index contributed by atoms with van der Waals surface area (Å²) in [7, 11) is 0. The van der Waals surface area contributed by atoms with E-state index in [1.807, 2.05) is 36.4 Å². The number of nitrogens with zero attached hydrogens (tertiary/aromatic N) is 1. The molecule has 0 bridgehead atoms. The number of rotatable bonds is 5. The number of ether oxygens (including phenoxy) is 1. The van der Waals surface area contributed by atoms with Gasteiger partial charge in [-0.2, -0.15) is 0 Å². The summed E-state index contributed by atoms with van der Waals surface area (Å²) in [5.41, 5.74) is 1.23. The average Bonchev–Trinajstić information content (AvgIpc) is 2.41. The summed E-state index contributed by atoms with van der Waals surface area (Å²) in [5, 5.41) is 3.29. The highest BCUT2D eigenvalue weighted by Gasteiger charge is 2.04. The number of benzene rings is 1. The summed E-state index contributed by atoms with van der Waals surface area (Å²) >= 11 is 3.36. The number of nitrogens with one attached hydrogen (secondary N) is 1. The van der Waals surface area contributed by atoms with Crippen LogP contribution in [0.25, 0.3) is 0 Å². The van der Waals surface area contributed by atoms with Gasteiger partial charge in [-0.05, 0) is 54.0 Å². The van der Waals surface area contributed by atoms with Gasteiger partial charge in [-0.3, -0.25) is 0 Å². The number of halogens is 1. The van der Waals surface area contributed by atoms with E-state index in [2.05, 4.69) is 40.1 Å². The maximum absolute atomic E-state index is 5.72. The molecule has 0 aliphatic carbocycles. The highest BCUT2D eigenvalue weighted by atomic mass is 79.9. The molecule has 1 aromatic carbocycles. The van der Waals surface area contributed by atoms with Gasteiger partial charge < -0.3 is 10.1 Å². The van der Waals surface area contributed by atoms with Gasteiger partial charge >= 0.3 is 0 Å². The Morgan fingerprint density at radius 2 is 1.95 bits per heavy atom. The van der Waals surface area contributed by atoms with E-state index in [9.17, 15) is 0 Å². The molecular formula is C15H17BrN2O. The standard InChI is InChI=1S/C15H17BrN2O/c1-11-3-6-14(7-4-11)19-10-12(2)18-15-8-5-13(16)9-17-15/h3-9,12H,10H2,1-2H3,(H,17,18). The van der Waals surface area contributed by atoms with E-state index >= 15 is 0 Å². The zero-order valence-corrected chi connectivity index (χ0v) is 12.6. The van der Waals surface area contributed by atoms with E-state index in [1.165, 1.54) is 5.56 Å². The van der Waals surface area contributed by atoms with Gasteiger partial charge in [-0.25, -0.2) is 4.98 Å². The molecule has 1 atom stereocenters. The van der Waals surface area contributed by atoms with Crippen molar-refractivity contribution in [2.45, 2.75) is 19.9 Å². The molecule has 0 radical (unpaired) electrons. The van der Waals surface area contributed by atoms with E-state index in [0.29, 0.717) is 6.61 Å². The first kappa shape index (κ1) is 13.9. The van der Waals surface area contributed by atoms with Crippen LogP contribution in [0.5, 0.6) is 5.75 Å². The minimum atomic E-state index is 0.190. The molecule has 0 fully saturated rings. The predicted octanol–water partition coefficient (Wildman–Crippen LogP) is 4.03. The molecule has 0 amide bonds. The van der Waals surface area contributed by atoms with Gasteiger partial charge in [0.25, 0.3) is 0 Å². The monoisotopic (exact) mass is 320 g/mol. The van der Waals surface area contributed by atoms with Crippen LogP contribution in [0, 0.1) is 6.92 Å². The third kappa shape index (κ3) is 4.56. The number of hydrogen-bond acceptors (Lipinski definition) is 3. The van der Waals surface area contributed by atoms with Crippen molar-refractivity contribution in [3.05, 3.63) is 52.6 Å². The summed E-state index contributed by atoms with van der Waals surface area (Å²) < 4.78 is 6.69. The van der Waals surface area contributed by atoms with Crippen molar-refractivity contribution in [1.82, 2.24) is 4.98 Å². The molecule has 4 heteroatoms. The molecule has 0 saturated carbocycles. The van der Waals surface area contributed by atoms with Crippen LogP contribution in [-0.4, -0.2) is 17.6 Å². The first-order valence-corrected chi connectivity index (χ1v) is 7.00. The Kier molecular flexibility index (Phi) is 4.80. The normalized spacial score (nSPS) is 11.9. The van der Waals surface area contributed by atoms with Crippen molar-refractivity contribution in [2.24, 2.45) is 0 Å². The molecule has 0 spiro atoms. The number of anilines is 1. The van der Waals surface area contributed by atoms with Crippen molar-refractivity contribution >= 4 is 21.7 Å². The molecule has 0 saturated heterocycles. The zero-order valence-electron chi connectivity index (χ0n) is 11.1. The van der Waals surface area contributed by atoms with E-state index in [0.717, 1.165) is 16.0 Å². The van der Waals surface area contributed by atoms with Gasteiger partial charge in [-0.15, -0.1) is 0 Å². The summed E-state index contributed by atoms with van der Waals surface area (Å²) in [6.45, 7) is 4.73. The lowest BCUT2D eigenvalue weighted by atomic mass is 10.2. The average molecular weight is 321 g/mol. The van der Waals surface area contributed by atoms with Crippen LogP contribution in [-0.2, 0) is 0 Å². The quantitative estimate of drug-likeness (QED) is 0.903. The van der Waals surface area contributed by atoms with Crippen molar-refractivity contribution in [2.75, 3.05) is 11.9 Å². The second-order valence-electron chi connectivity index (χ2n) is 4.53. The topological polar surface area (TPSA) is 34.1 Å². The Labute approximate surface area is 122 Å². The van der Waals surface area contributed by atoms with Crippen molar-refractivity contribution < 1.29 is 4.74 Å². The Hall–Kier alpha value is -1.55. The maximum atomic E-state index is 5.72. The van der Waals surface area contributed by atoms with E-state index in [4.69, 9.17) is 4.74 Å². The van der Waals surface area contributed by atoms with Crippen LogP contribution < -0.4 is 10.1 Å². The number of aryl methyl sites for hydroxylation is 1. The molecule has 0 aliphatic rings. The Morgan fingerprint density at radius 3 is 2.58 bits per heavy atom. The SMILES string of the molecule is Cc1ccc(OCC(C)Nc2ccc(Br)cn2)cc1. The van der Waals surface area contributed by atoms with E-state index < -0.39 is 0 Å². The Bertz CT molecular complexity index is 511. The third-order valence-electron chi connectivity index (χ3n) is 2.64. The molecule has 19 heavy (non-hydrogen) atoms. The first-order valence-electron chi connectivity index (χ1n) is 6.21. The summed E-state index contributed by atoms with van der Waals surface area (Å²) in [6, 6.07) is 12.2. The molecule has 0 aliphatic heterocycles. The molecule has 1 heterocycles.